The first-order chi connectivity index (χ1) is 8.95. The molecule has 110 valence electrons. The molecule has 0 spiro atoms. The molecular weight excluding hydrogens is 270 g/mol. The molecule has 0 saturated heterocycles. The molecule has 0 bridgehead atoms. The van der Waals surface area contributed by atoms with E-state index in [0.29, 0.717) is 18.9 Å². The Hall–Kier alpha value is -1.22. The summed E-state index contributed by atoms with van der Waals surface area (Å²) in [6, 6.07) is 0. The van der Waals surface area contributed by atoms with Crippen molar-refractivity contribution in [3.05, 3.63) is 11.7 Å². The number of rotatable bonds is 9. The molecule has 0 aromatic carbocycles. The smallest absolute Gasteiger partial charge is 0.330 e. The van der Waals surface area contributed by atoms with Gasteiger partial charge in [-0.1, -0.05) is 12.1 Å². The molecule has 5 nitrogen and oxygen atoms in total. The summed E-state index contributed by atoms with van der Waals surface area (Å²) in [5.41, 5.74) is 0. The predicted octanol–water partition coefficient (Wildman–Crippen LogP) is 1.64. The number of likely N-dealkylation sites (N-methyl/N-ethyl adjacent to an activating group) is 1. The van der Waals surface area contributed by atoms with E-state index in [9.17, 15) is 17.6 Å². The fourth-order valence-corrected chi connectivity index (χ4v) is 1.16. The van der Waals surface area contributed by atoms with Crippen LogP contribution in [0.25, 0.3) is 0 Å². The molecule has 19 heavy (non-hydrogen) atoms. The molecule has 1 rings (SSSR count). The average molecular weight is 285 g/mol. The molecule has 0 aliphatic carbocycles. The van der Waals surface area contributed by atoms with E-state index in [4.69, 9.17) is 4.52 Å². The van der Waals surface area contributed by atoms with Crippen molar-refractivity contribution in [3.8, 4) is 0 Å². The Kier molecular flexibility index (Phi) is 6.16. The molecule has 0 fully saturated rings. The van der Waals surface area contributed by atoms with Crippen LogP contribution in [0.2, 0.25) is 0 Å². The van der Waals surface area contributed by atoms with Crippen molar-refractivity contribution in [2.45, 2.75) is 32.3 Å². The van der Waals surface area contributed by atoms with Gasteiger partial charge in [0.05, 0.1) is 0 Å². The predicted molar refractivity (Wildman–Crippen MR) is 57.2 cm³/mol. The maximum Gasteiger partial charge on any atom is 0.330 e. The quantitative estimate of drug-likeness (QED) is 0.552. The van der Waals surface area contributed by atoms with Gasteiger partial charge in [0, 0.05) is 13.0 Å². The lowest BCUT2D eigenvalue weighted by molar-refractivity contribution is -0.168. The number of halogens is 4. The molecule has 1 aromatic rings. The molecule has 0 radical (unpaired) electrons. The van der Waals surface area contributed by atoms with E-state index in [1.165, 1.54) is 0 Å². The number of alkyl halides is 4. The molecule has 0 aliphatic rings. The fourth-order valence-electron chi connectivity index (χ4n) is 1.16. The van der Waals surface area contributed by atoms with Crippen LogP contribution in [0.3, 0.4) is 0 Å². The zero-order valence-electron chi connectivity index (χ0n) is 10.3. The summed E-state index contributed by atoms with van der Waals surface area (Å²) in [6.45, 7) is 1.60. The van der Waals surface area contributed by atoms with Crippen LogP contribution in [0.1, 0.15) is 18.6 Å². The van der Waals surface area contributed by atoms with Gasteiger partial charge in [0.15, 0.2) is 5.82 Å². The molecule has 0 saturated carbocycles. The summed E-state index contributed by atoms with van der Waals surface area (Å²) >= 11 is 0. The monoisotopic (exact) mass is 285 g/mol. The highest BCUT2D eigenvalue weighted by Crippen LogP contribution is 2.23. The van der Waals surface area contributed by atoms with Gasteiger partial charge in [0.25, 0.3) is 0 Å². The van der Waals surface area contributed by atoms with Crippen molar-refractivity contribution in [2.75, 3.05) is 19.7 Å². The highest BCUT2D eigenvalue weighted by molar-refractivity contribution is 4.85. The largest absolute Gasteiger partial charge is 0.367 e. The molecule has 0 aliphatic heterocycles. The van der Waals surface area contributed by atoms with E-state index in [1.54, 1.807) is 0 Å². The first-order valence-corrected chi connectivity index (χ1v) is 5.71. The zero-order chi connectivity index (χ0) is 14.3. The lowest BCUT2D eigenvalue weighted by Crippen LogP contribution is -2.32. The Balaban J connectivity index is 2.30. The second kappa shape index (κ2) is 7.39. The summed E-state index contributed by atoms with van der Waals surface area (Å²) < 4.78 is 58.0. The van der Waals surface area contributed by atoms with Gasteiger partial charge in [0.2, 0.25) is 5.89 Å². The molecule has 9 heteroatoms. The van der Waals surface area contributed by atoms with Gasteiger partial charge in [-0.25, -0.2) is 8.78 Å². The molecule has 0 unspecified atom stereocenters. The van der Waals surface area contributed by atoms with Crippen LogP contribution in [-0.4, -0.2) is 42.2 Å². The highest BCUT2D eigenvalue weighted by atomic mass is 19.3. The normalized spacial score (nSPS) is 12.3. The third-order valence-corrected chi connectivity index (χ3v) is 2.12. The number of aromatic nitrogens is 2. The standard InChI is InChI=1S/C10H15F4N3O2/c1-2-15-4-3-8-16-7(17-19-8)5-18-6-10(13,14)9(11)12/h9,15H,2-6H2,1H3. The van der Waals surface area contributed by atoms with Gasteiger partial charge >= 0.3 is 12.3 Å². The van der Waals surface area contributed by atoms with Gasteiger partial charge < -0.3 is 14.6 Å². The number of nitrogens with zero attached hydrogens (tertiary/aromatic N) is 2. The fraction of sp³-hybridized carbons (Fsp3) is 0.800. The molecule has 1 aromatic heterocycles. The van der Waals surface area contributed by atoms with Crippen LogP contribution < -0.4 is 5.32 Å². The lowest BCUT2D eigenvalue weighted by Gasteiger charge is -2.14. The van der Waals surface area contributed by atoms with Crippen molar-refractivity contribution < 1.29 is 26.8 Å². The van der Waals surface area contributed by atoms with Crippen LogP contribution >= 0.6 is 0 Å². The number of hydrogen-bond acceptors (Lipinski definition) is 5. The number of hydrogen-bond donors (Lipinski definition) is 1. The van der Waals surface area contributed by atoms with Crippen molar-refractivity contribution >= 4 is 0 Å². The summed E-state index contributed by atoms with van der Waals surface area (Å²) in [6.07, 6.45) is -3.26. The molecule has 1 heterocycles. The molecule has 0 atom stereocenters. The highest BCUT2D eigenvalue weighted by Gasteiger charge is 2.41. The minimum Gasteiger partial charge on any atom is -0.367 e. The maximum absolute atomic E-state index is 12.5. The zero-order valence-corrected chi connectivity index (χ0v) is 10.3. The average Bonchev–Trinajstić information content (AvgIpc) is 2.77. The first kappa shape index (κ1) is 15.8. The van der Waals surface area contributed by atoms with Crippen LogP contribution in [-0.2, 0) is 17.8 Å². The van der Waals surface area contributed by atoms with E-state index in [-0.39, 0.29) is 5.82 Å². The molecule has 0 amide bonds. The maximum atomic E-state index is 12.5. The third-order valence-electron chi connectivity index (χ3n) is 2.12. The second-order valence-electron chi connectivity index (χ2n) is 3.76. The van der Waals surface area contributed by atoms with Gasteiger partial charge in [-0.2, -0.15) is 13.8 Å². The van der Waals surface area contributed by atoms with Crippen LogP contribution in [0, 0.1) is 0 Å². The van der Waals surface area contributed by atoms with E-state index < -0.39 is 25.6 Å². The van der Waals surface area contributed by atoms with E-state index >= 15 is 0 Å². The molecular formula is C10H15F4N3O2. The van der Waals surface area contributed by atoms with E-state index in [0.717, 1.165) is 6.54 Å². The van der Waals surface area contributed by atoms with Crippen molar-refractivity contribution in [1.82, 2.24) is 15.5 Å². The molecule has 1 N–H and O–H groups in total. The Bertz CT molecular complexity index is 373. The summed E-state index contributed by atoms with van der Waals surface area (Å²) in [7, 11) is 0. The minimum absolute atomic E-state index is 0.0524. The van der Waals surface area contributed by atoms with Crippen molar-refractivity contribution in [3.63, 3.8) is 0 Å². The first-order valence-electron chi connectivity index (χ1n) is 5.71. The van der Waals surface area contributed by atoms with Gasteiger partial charge in [0.1, 0.15) is 13.2 Å². The Morgan fingerprint density at radius 1 is 1.42 bits per heavy atom. The van der Waals surface area contributed by atoms with Crippen LogP contribution in [0.5, 0.6) is 0 Å². The van der Waals surface area contributed by atoms with Gasteiger partial charge in [-0.3, -0.25) is 0 Å². The van der Waals surface area contributed by atoms with Gasteiger partial charge in [-0.15, -0.1) is 0 Å². The Labute approximate surface area is 107 Å². The van der Waals surface area contributed by atoms with Crippen LogP contribution in [0.4, 0.5) is 17.6 Å². The minimum atomic E-state index is -4.17. The SMILES string of the molecule is CCNCCc1nc(COCC(F)(F)C(F)F)no1. The van der Waals surface area contributed by atoms with E-state index in [1.807, 2.05) is 6.92 Å². The van der Waals surface area contributed by atoms with E-state index in [2.05, 4.69) is 20.2 Å². The summed E-state index contributed by atoms with van der Waals surface area (Å²) in [5, 5.41) is 6.53. The Morgan fingerprint density at radius 3 is 2.79 bits per heavy atom. The third kappa shape index (κ3) is 5.52. The van der Waals surface area contributed by atoms with Crippen molar-refractivity contribution in [1.29, 1.82) is 0 Å². The van der Waals surface area contributed by atoms with Crippen molar-refractivity contribution in [2.24, 2.45) is 0 Å². The lowest BCUT2D eigenvalue weighted by atomic mass is 10.4. The summed E-state index contributed by atoms with van der Waals surface area (Å²) in [5.74, 6) is -3.78. The van der Waals surface area contributed by atoms with Crippen LogP contribution in [0.15, 0.2) is 4.52 Å². The number of nitrogens with one attached hydrogen (secondary N) is 1. The summed E-state index contributed by atoms with van der Waals surface area (Å²) in [4.78, 5) is 3.87. The van der Waals surface area contributed by atoms with Gasteiger partial charge in [-0.05, 0) is 6.54 Å². The topological polar surface area (TPSA) is 60.2 Å². The second-order valence-corrected chi connectivity index (χ2v) is 3.76. The number of ether oxygens (including phenoxy) is 1. The Morgan fingerprint density at radius 2 is 2.16 bits per heavy atom.